The lowest BCUT2D eigenvalue weighted by molar-refractivity contribution is 0.270. The lowest BCUT2D eigenvalue weighted by Crippen LogP contribution is -2.15. The van der Waals surface area contributed by atoms with Crippen molar-refractivity contribution in [2.45, 2.75) is 45.6 Å². The van der Waals surface area contributed by atoms with E-state index in [-0.39, 0.29) is 0 Å². The van der Waals surface area contributed by atoms with Gasteiger partial charge in [-0.05, 0) is 30.4 Å². The predicted molar refractivity (Wildman–Crippen MR) is 79.9 cm³/mol. The third kappa shape index (κ3) is 2.60. The number of nitrogen functional groups attached to an aromatic ring is 1. The molecule has 0 unspecified atom stereocenters. The molecular weight excluding hydrogens is 234 g/mol. The number of hydrogen-bond acceptors (Lipinski definition) is 2. The molecule has 1 aromatic heterocycles. The summed E-state index contributed by atoms with van der Waals surface area (Å²) in [7, 11) is 0. The van der Waals surface area contributed by atoms with E-state index in [1.807, 2.05) is 12.1 Å². The number of fused-ring (bicyclic) bond motifs is 1. The summed E-state index contributed by atoms with van der Waals surface area (Å²) in [4.78, 5) is 4.43. The number of nitrogens with zero attached hydrogens (tertiary/aromatic N) is 2. The van der Waals surface area contributed by atoms with Crippen LogP contribution in [0.3, 0.4) is 0 Å². The summed E-state index contributed by atoms with van der Waals surface area (Å²) < 4.78 is 2.17. The van der Waals surface area contributed by atoms with Crippen LogP contribution in [0.25, 0.3) is 11.0 Å². The number of hydrogen-bond donors (Lipinski definition) is 1. The van der Waals surface area contributed by atoms with E-state index in [1.54, 1.807) is 0 Å². The molecule has 1 saturated carbocycles. The van der Waals surface area contributed by atoms with Crippen molar-refractivity contribution in [2.24, 2.45) is 11.8 Å². The van der Waals surface area contributed by atoms with E-state index in [4.69, 9.17) is 5.73 Å². The first kappa shape index (κ1) is 12.5. The van der Waals surface area contributed by atoms with Crippen molar-refractivity contribution in [1.82, 2.24) is 9.55 Å². The fraction of sp³-hybridized carbons (Fsp3) is 0.562. The third-order valence-electron chi connectivity index (χ3n) is 4.58. The fourth-order valence-electron chi connectivity index (χ4n) is 3.26. The van der Waals surface area contributed by atoms with Gasteiger partial charge in [0.05, 0.1) is 11.0 Å². The first-order chi connectivity index (χ1) is 9.24. The van der Waals surface area contributed by atoms with Gasteiger partial charge in [-0.2, -0.15) is 0 Å². The van der Waals surface area contributed by atoms with Crippen molar-refractivity contribution in [2.75, 3.05) is 5.73 Å². The van der Waals surface area contributed by atoms with Gasteiger partial charge in [0.15, 0.2) is 0 Å². The first-order valence-corrected chi connectivity index (χ1v) is 7.45. The molecule has 3 heteroatoms. The molecule has 1 aromatic carbocycles. The van der Waals surface area contributed by atoms with Crippen molar-refractivity contribution in [1.29, 1.82) is 0 Å². The largest absolute Gasteiger partial charge is 0.369 e. The van der Waals surface area contributed by atoms with Crippen molar-refractivity contribution in [3.63, 3.8) is 0 Å². The minimum absolute atomic E-state index is 0.658. The van der Waals surface area contributed by atoms with E-state index in [9.17, 15) is 0 Å². The van der Waals surface area contributed by atoms with E-state index < -0.39 is 0 Å². The van der Waals surface area contributed by atoms with Gasteiger partial charge in [0.2, 0.25) is 5.95 Å². The highest BCUT2D eigenvalue weighted by molar-refractivity contribution is 5.78. The SMILES string of the molecule is CC1CCC(CCn2c(N)nc3ccccc32)CC1. The van der Waals surface area contributed by atoms with Gasteiger partial charge < -0.3 is 10.3 Å². The zero-order valence-electron chi connectivity index (χ0n) is 11.7. The second kappa shape index (κ2) is 5.24. The van der Waals surface area contributed by atoms with E-state index in [0.717, 1.165) is 23.9 Å². The van der Waals surface area contributed by atoms with Gasteiger partial charge in [-0.3, -0.25) is 0 Å². The van der Waals surface area contributed by atoms with Gasteiger partial charge in [-0.1, -0.05) is 44.7 Å². The Morgan fingerprint density at radius 2 is 1.95 bits per heavy atom. The molecule has 1 aliphatic carbocycles. The van der Waals surface area contributed by atoms with Gasteiger partial charge >= 0.3 is 0 Å². The second-order valence-electron chi connectivity index (χ2n) is 6.02. The summed E-state index contributed by atoms with van der Waals surface area (Å²) in [6, 6.07) is 8.22. The Morgan fingerprint density at radius 1 is 1.21 bits per heavy atom. The number of anilines is 1. The van der Waals surface area contributed by atoms with Gasteiger partial charge in [0.1, 0.15) is 0 Å². The van der Waals surface area contributed by atoms with Gasteiger partial charge in [-0.25, -0.2) is 4.98 Å². The van der Waals surface area contributed by atoms with Crippen LogP contribution >= 0.6 is 0 Å². The average Bonchev–Trinajstić information content (AvgIpc) is 2.74. The highest BCUT2D eigenvalue weighted by Crippen LogP contribution is 2.31. The molecule has 2 N–H and O–H groups in total. The molecule has 1 aliphatic rings. The number of para-hydroxylation sites is 2. The highest BCUT2D eigenvalue weighted by Gasteiger charge is 2.18. The maximum Gasteiger partial charge on any atom is 0.201 e. The molecule has 0 radical (unpaired) electrons. The molecule has 19 heavy (non-hydrogen) atoms. The van der Waals surface area contributed by atoms with Gasteiger partial charge in [0, 0.05) is 6.54 Å². The smallest absolute Gasteiger partial charge is 0.201 e. The van der Waals surface area contributed by atoms with E-state index in [2.05, 4.69) is 28.6 Å². The normalized spacial score (nSPS) is 23.8. The Morgan fingerprint density at radius 3 is 2.74 bits per heavy atom. The lowest BCUT2D eigenvalue weighted by Gasteiger charge is -2.26. The molecule has 3 nitrogen and oxygen atoms in total. The van der Waals surface area contributed by atoms with Crippen LogP contribution in [0.15, 0.2) is 24.3 Å². The van der Waals surface area contributed by atoms with Crippen LogP contribution in [0.1, 0.15) is 39.0 Å². The van der Waals surface area contributed by atoms with Crippen LogP contribution in [0.4, 0.5) is 5.95 Å². The minimum Gasteiger partial charge on any atom is -0.369 e. The summed E-state index contributed by atoms with van der Waals surface area (Å²) >= 11 is 0. The predicted octanol–water partition coefficient (Wildman–Crippen LogP) is 3.83. The minimum atomic E-state index is 0.658. The number of nitrogens with two attached hydrogens (primary N) is 1. The van der Waals surface area contributed by atoms with Crippen molar-refractivity contribution in [3.05, 3.63) is 24.3 Å². The Hall–Kier alpha value is -1.51. The Labute approximate surface area is 114 Å². The zero-order valence-corrected chi connectivity index (χ0v) is 11.7. The van der Waals surface area contributed by atoms with Crippen LogP contribution < -0.4 is 5.73 Å². The molecular formula is C16H23N3. The molecule has 0 atom stereocenters. The maximum absolute atomic E-state index is 6.04. The molecule has 3 rings (SSSR count). The summed E-state index contributed by atoms with van der Waals surface area (Å²) in [6.45, 7) is 3.38. The molecule has 0 amide bonds. The molecule has 1 heterocycles. The van der Waals surface area contributed by atoms with Crippen LogP contribution in [-0.2, 0) is 6.54 Å². The van der Waals surface area contributed by atoms with Crippen molar-refractivity contribution in [3.8, 4) is 0 Å². The Balaban J connectivity index is 1.70. The number of aromatic nitrogens is 2. The topological polar surface area (TPSA) is 43.8 Å². The summed E-state index contributed by atoms with van der Waals surface area (Å²) in [5.74, 6) is 2.46. The summed E-state index contributed by atoms with van der Waals surface area (Å²) in [5.41, 5.74) is 8.22. The number of imidazole rings is 1. The monoisotopic (exact) mass is 257 g/mol. The van der Waals surface area contributed by atoms with Gasteiger partial charge in [-0.15, -0.1) is 0 Å². The molecule has 0 aliphatic heterocycles. The fourth-order valence-corrected chi connectivity index (χ4v) is 3.26. The molecule has 2 aromatic rings. The molecule has 102 valence electrons. The summed E-state index contributed by atoms with van der Waals surface area (Å²) in [5, 5.41) is 0. The number of benzene rings is 1. The van der Waals surface area contributed by atoms with Crippen LogP contribution in [-0.4, -0.2) is 9.55 Å². The molecule has 0 saturated heterocycles. The first-order valence-electron chi connectivity index (χ1n) is 7.45. The van der Waals surface area contributed by atoms with E-state index in [1.165, 1.54) is 37.6 Å². The molecule has 0 bridgehead atoms. The van der Waals surface area contributed by atoms with Crippen LogP contribution in [0.5, 0.6) is 0 Å². The van der Waals surface area contributed by atoms with Crippen molar-refractivity contribution >= 4 is 17.0 Å². The third-order valence-corrected chi connectivity index (χ3v) is 4.58. The van der Waals surface area contributed by atoms with Gasteiger partial charge in [0.25, 0.3) is 0 Å². The number of rotatable bonds is 3. The van der Waals surface area contributed by atoms with E-state index in [0.29, 0.717) is 5.95 Å². The lowest BCUT2D eigenvalue weighted by atomic mass is 9.81. The van der Waals surface area contributed by atoms with Crippen LogP contribution in [0, 0.1) is 11.8 Å². The summed E-state index contributed by atoms with van der Waals surface area (Å²) in [6.07, 6.45) is 6.79. The average molecular weight is 257 g/mol. The Kier molecular flexibility index (Phi) is 3.45. The van der Waals surface area contributed by atoms with Crippen LogP contribution in [0.2, 0.25) is 0 Å². The van der Waals surface area contributed by atoms with E-state index >= 15 is 0 Å². The maximum atomic E-state index is 6.04. The molecule has 1 fully saturated rings. The van der Waals surface area contributed by atoms with Crippen molar-refractivity contribution < 1.29 is 0 Å². The molecule has 0 spiro atoms. The quantitative estimate of drug-likeness (QED) is 0.908. The highest BCUT2D eigenvalue weighted by atomic mass is 15.1. The standard InChI is InChI=1S/C16H23N3/c1-12-6-8-13(9-7-12)10-11-19-15-5-3-2-4-14(15)18-16(19)17/h2-5,12-13H,6-11H2,1H3,(H2,17,18). The zero-order chi connectivity index (χ0) is 13.2. The number of aryl methyl sites for hydroxylation is 1. The Bertz CT molecular complexity index is 550. The second-order valence-corrected chi connectivity index (χ2v) is 6.02.